The molecule has 0 radical (unpaired) electrons. The van der Waals surface area contributed by atoms with E-state index in [1.807, 2.05) is 60.7 Å². The van der Waals surface area contributed by atoms with E-state index in [-0.39, 0.29) is 11.6 Å². The maximum atomic E-state index is 13.5. The molecule has 0 bridgehead atoms. The minimum Gasteiger partial charge on any atom is -0.245 e. The second-order valence-corrected chi connectivity index (χ2v) is 7.78. The Labute approximate surface area is 204 Å². The van der Waals surface area contributed by atoms with E-state index in [9.17, 15) is 13.2 Å². The Morgan fingerprint density at radius 3 is 2.03 bits per heavy atom. The highest BCUT2D eigenvalue weighted by atomic mass is 19.4. The van der Waals surface area contributed by atoms with Crippen LogP contribution in [-0.4, -0.2) is 26.0 Å². The molecule has 0 aliphatic carbocycles. The number of para-hydroxylation sites is 1. The van der Waals surface area contributed by atoms with Gasteiger partial charge in [0.1, 0.15) is 5.69 Å². The molecule has 0 amide bonds. The number of hydrogen-bond donors (Lipinski definition) is 1. The first-order valence-corrected chi connectivity index (χ1v) is 11.0. The monoisotopic (exact) mass is 484 g/mol. The summed E-state index contributed by atoms with van der Waals surface area (Å²) in [5, 5.41) is 8.84. The maximum Gasteiger partial charge on any atom is 0.433 e. The summed E-state index contributed by atoms with van der Waals surface area (Å²) in [6, 6.07) is 28.6. The lowest BCUT2D eigenvalue weighted by Crippen LogP contribution is -2.11. The first-order valence-electron chi connectivity index (χ1n) is 11.0. The number of rotatable bonds is 6. The average Bonchev–Trinajstić information content (AvgIpc) is 3.34. The Hall–Kier alpha value is -4.79. The van der Waals surface area contributed by atoms with Crippen LogP contribution in [0.3, 0.4) is 0 Å². The van der Waals surface area contributed by atoms with E-state index in [2.05, 4.69) is 20.5 Å². The summed E-state index contributed by atoms with van der Waals surface area (Å²) in [4.78, 5) is 7.84. The van der Waals surface area contributed by atoms with Crippen LogP contribution in [0.5, 0.6) is 0 Å². The van der Waals surface area contributed by atoms with Gasteiger partial charge in [-0.15, -0.1) is 0 Å². The molecule has 0 aliphatic rings. The van der Waals surface area contributed by atoms with Crippen LogP contribution < -0.4 is 5.43 Å². The largest absolute Gasteiger partial charge is 0.433 e. The van der Waals surface area contributed by atoms with Crippen LogP contribution in [-0.2, 0) is 6.18 Å². The molecule has 0 unspecified atom stereocenters. The highest BCUT2D eigenvalue weighted by Gasteiger charge is 2.33. The second-order valence-electron chi connectivity index (χ2n) is 7.78. The first kappa shape index (κ1) is 23.0. The van der Waals surface area contributed by atoms with Gasteiger partial charge in [0.05, 0.1) is 17.6 Å². The number of nitrogens with one attached hydrogen (secondary N) is 1. The molecule has 1 N–H and O–H groups in total. The van der Waals surface area contributed by atoms with E-state index in [1.54, 1.807) is 41.2 Å². The third-order valence-corrected chi connectivity index (χ3v) is 5.26. The van der Waals surface area contributed by atoms with Gasteiger partial charge < -0.3 is 0 Å². The van der Waals surface area contributed by atoms with E-state index in [0.29, 0.717) is 16.8 Å². The fourth-order valence-electron chi connectivity index (χ4n) is 3.57. The normalized spacial score (nSPS) is 11.6. The van der Waals surface area contributed by atoms with Crippen molar-refractivity contribution >= 4 is 12.2 Å². The molecule has 0 spiro atoms. The lowest BCUT2D eigenvalue weighted by atomic mass is 10.1. The number of alkyl halides is 3. The van der Waals surface area contributed by atoms with Gasteiger partial charge in [0, 0.05) is 22.9 Å². The van der Waals surface area contributed by atoms with Crippen LogP contribution in [0.15, 0.2) is 108 Å². The summed E-state index contributed by atoms with van der Waals surface area (Å²) in [6.45, 7) is 0. The van der Waals surface area contributed by atoms with Crippen LogP contribution in [0.4, 0.5) is 19.1 Å². The second kappa shape index (κ2) is 9.83. The Bertz CT molecular complexity index is 1480. The SMILES string of the molecule is FC(F)(F)c1cc(-c2ccccc2)nc(N/N=C\c2cn(-c3ccccc3)nc2-c2ccccc2)n1. The molecule has 0 fully saturated rings. The molecule has 0 saturated heterocycles. The predicted octanol–water partition coefficient (Wildman–Crippen LogP) is 6.46. The van der Waals surface area contributed by atoms with E-state index in [0.717, 1.165) is 17.3 Å². The van der Waals surface area contributed by atoms with Crippen LogP contribution in [0.25, 0.3) is 28.2 Å². The van der Waals surface area contributed by atoms with Crippen molar-refractivity contribution in [1.82, 2.24) is 19.7 Å². The summed E-state index contributed by atoms with van der Waals surface area (Å²) in [5.74, 6) is -0.267. The third kappa shape index (κ3) is 5.15. The quantitative estimate of drug-likeness (QED) is 0.222. The van der Waals surface area contributed by atoms with Crippen LogP contribution in [0, 0.1) is 0 Å². The van der Waals surface area contributed by atoms with Gasteiger partial charge in [0.25, 0.3) is 0 Å². The summed E-state index contributed by atoms with van der Waals surface area (Å²) < 4.78 is 42.2. The van der Waals surface area contributed by atoms with Gasteiger partial charge >= 0.3 is 6.18 Å². The topological polar surface area (TPSA) is 68.0 Å². The minimum atomic E-state index is -4.64. The van der Waals surface area contributed by atoms with Crippen molar-refractivity contribution in [3.63, 3.8) is 0 Å². The molecule has 36 heavy (non-hydrogen) atoms. The summed E-state index contributed by atoms with van der Waals surface area (Å²) in [5.41, 5.74) is 5.22. The van der Waals surface area contributed by atoms with Crippen LogP contribution in [0.1, 0.15) is 11.3 Å². The molecule has 5 aromatic rings. The number of anilines is 1. The van der Waals surface area contributed by atoms with E-state index in [1.165, 1.54) is 6.21 Å². The molecule has 0 atom stereocenters. The van der Waals surface area contributed by atoms with Crippen molar-refractivity contribution in [2.75, 3.05) is 5.43 Å². The van der Waals surface area contributed by atoms with Gasteiger partial charge in [-0.25, -0.2) is 20.1 Å². The Morgan fingerprint density at radius 2 is 1.39 bits per heavy atom. The zero-order valence-electron chi connectivity index (χ0n) is 18.8. The van der Waals surface area contributed by atoms with Crippen molar-refractivity contribution in [1.29, 1.82) is 0 Å². The highest BCUT2D eigenvalue weighted by molar-refractivity contribution is 5.89. The molecule has 2 heterocycles. The zero-order valence-corrected chi connectivity index (χ0v) is 18.8. The van der Waals surface area contributed by atoms with E-state index < -0.39 is 11.9 Å². The smallest absolute Gasteiger partial charge is 0.245 e. The predicted molar refractivity (Wildman–Crippen MR) is 133 cm³/mol. The fourth-order valence-corrected chi connectivity index (χ4v) is 3.57. The van der Waals surface area contributed by atoms with Crippen molar-refractivity contribution in [3.05, 3.63) is 115 Å². The van der Waals surface area contributed by atoms with Crippen molar-refractivity contribution < 1.29 is 13.2 Å². The number of hydrogen-bond acceptors (Lipinski definition) is 5. The summed E-state index contributed by atoms with van der Waals surface area (Å²) in [6.07, 6.45) is -1.35. The highest BCUT2D eigenvalue weighted by Crippen LogP contribution is 2.31. The van der Waals surface area contributed by atoms with Gasteiger partial charge in [-0.2, -0.15) is 23.4 Å². The molecule has 0 saturated carbocycles. The third-order valence-electron chi connectivity index (χ3n) is 5.26. The first-order chi connectivity index (χ1) is 17.5. The lowest BCUT2D eigenvalue weighted by molar-refractivity contribution is -0.141. The lowest BCUT2D eigenvalue weighted by Gasteiger charge is -2.10. The standard InChI is InChI=1S/C27H19F3N6/c28-27(29,30)24-16-23(19-10-4-1-5-11-19)32-26(33-24)34-31-17-21-18-36(22-14-8-3-9-15-22)35-25(21)20-12-6-2-7-13-20/h1-18H,(H,32,33,34)/b31-17-. The molecule has 2 aromatic heterocycles. The average molecular weight is 484 g/mol. The van der Waals surface area contributed by atoms with E-state index in [4.69, 9.17) is 5.10 Å². The molecular weight excluding hydrogens is 465 g/mol. The maximum absolute atomic E-state index is 13.5. The van der Waals surface area contributed by atoms with Gasteiger partial charge in [-0.05, 0) is 18.2 Å². The number of benzene rings is 3. The number of halogens is 3. The van der Waals surface area contributed by atoms with Crippen molar-refractivity contribution in [2.24, 2.45) is 5.10 Å². The number of nitrogens with zero attached hydrogens (tertiary/aromatic N) is 5. The Morgan fingerprint density at radius 1 is 0.778 bits per heavy atom. The Balaban J connectivity index is 1.49. The van der Waals surface area contributed by atoms with Gasteiger partial charge in [-0.3, -0.25) is 0 Å². The zero-order chi connectivity index (χ0) is 25.0. The van der Waals surface area contributed by atoms with Gasteiger partial charge in [0.15, 0.2) is 5.69 Å². The minimum absolute atomic E-state index is 0.137. The molecular formula is C27H19F3N6. The van der Waals surface area contributed by atoms with Crippen LogP contribution in [0.2, 0.25) is 0 Å². The molecule has 178 valence electrons. The Kier molecular flexibility index (Phi) is 6.27. The van der Waals surface area contributed by atoms with Crippen molar-refractivity contribution in [3.8, 4) is 28.2 Å². The molecule has 5 rings (SSSR count). The van der Waals surface area contributed by atoms with Crippen molar-refractivity contribution in [2.45, 2.75) is 6.18 Å². The number of hydrazone groups is 1. The molecule has 6 nitrogen and oxygen atoms in total. The summed E-state index contributed by atoms with van der Waals surface area (Å²) in [7, 11) is 0. The molecule has 0 aliphatic heterocycles. The fraction of sp³-hybridized carbons (Fsp3) is 0.0370. The molecule has 9 heteroatoms. The van der Waals surface area contributed by atoms with Crippen LogP contribution >= 0.6 is 0 Å². The number of aromatic nitrogens is 4. The summed E-state index contributed by atoms with van der Waals surface area (Å²) >= 11 is 0. The van der Waals surface area contributed by atoms with Gasteiger partial charge in [0.2, 0.25) is 5.95 Å². The van der Waals surface area contributed by atoms with Gasteiger partial charge in [-0.1, -0.05) is 78.9 Å². The van der Waals surface area contributed by atoms with E-state index >= 15 is 0 Å². The molecule has 3 aromatic carbocycles.